The van der Waals surface area contributed by atoms with Crippen molar-refractivity contribution in [2.24, 2.45) is 0 Å². The zero-order valence-electron chi connectivity index (χ0n) is 17.4. The first-order valence-corrected chi connectivity index (χ1v) is 10.3. The van der Waals surface area contributed by atoms with E-state index in [2.05, 4.69) is 60.5 Å². The standard InChI is InChI=1S/C25H28N2O2/c1-27-12-11-24(20-8-6-9-21(14-20)28-2)16-23-19(15-25(24,17-27)29-3)13-18-7-4-5-10-22(18)26-23/h4-10,13-14H,11-12,15-17H2,1-3H3/t24-,25-/m0/s1. The Bertz CT molecular complexity index is 1070. The van der Waals surface area contributed by atoms with E-state index in [1.54, 1.807) is 7.11 Å². The van der Waals surface area contributed by atoms with Crippen molar-refractivity contribution in [3.63, 3.8) is 0 Å². The number of ether oxygens (including phenoxy) is 2. The van der Waals surface area contributed by atoms with Gasteiger partial charge in [-0.15, -0.1) is 0 Å². The number of hydrogen-bond acceptors (Lipinski definition) is 4. The minimum absolute atomic E-state index is 0.120. The Morgan fingerprint density at radius 1 is 1.00 bits per heavy atom. The van der Waals surface area contributed by atoms with Crippen molar-refractivity contribution in [1.29, 1.82) is 0 Å². The Labute approximate surface area is 172 Å². The van der Waals surface area contributed by atoms with Crippen LogP contribution in [0.1, 0.15) is 23.2 Å². The van der Waals surface area contributed by atoms with Gasteiger partial charge < -0.3 is 14.4 Å². The normalized spacial score (nSPS) is 26.7. The molecule has 1 aliphatic carbocycles. The zero-order chi connectivity index (χ0) is 20.1. The summed E-state index contributed by atoms with van der Waals surface area (Å²) in [5, 5.41) is 1.20. The Morgan fingerprint density at radius 3 is 2.69 bits per heavy atom. The summed E-state index contributed by atoms with van der Waals surface area (Å²) < 4.78 is 12.0. The topological polar surface area (TPSA) is 34.6 Å². The first kappa shape index (κ1) is 18.6. The molecule has 2 atom stereocenters. The molecule has 2 aromatic carbocycles. The maximum Gasteiger partial charge on any atom is 0.119 e. The first-order chi connectivity index (χ1) is 14.1. The minimum atomic E-state index is -0.288. The molecular weight excluding hydrogens is 360 g/mol. The van der Waals surface area contributed by atoms with Crippen molar-refractivity contribution in [3.05, 3.63) is 71.4 Å². The molecule has 1 aromatic heterocycles. The lowest BCUT2D eigenvalue weighted by Gasteiger charge is -2.58. The molecule has 1 saturated heterocycles. The van der Waals surface area contributed by atoms with E-state index in [0.29, 0.717) is 0 Å². The van der Waals surface area contributed by atoms with Crippen LogP contribution in [0.15, 0.2) is 54.6 Å². The van der Waals surface area contributed by atoms with Crippen molar-refractivity contribution in [2.45, 2.75) is 30.3 Å². The van der Waals surface area contributed by atoms with Gasteiger partial charge in [-0.25, -0.2) is 0 Å². The molecule has 0 saturated carbocycles. The van der Waals surface area contributed by atoms with E-state index in [0.717, 1.165) is 43.6 Å². The maximum absolute atomic E-state index is 6.44. The number of para-hydroxylation sites is 1. The smallest absolute Gasteiger partial charge is 0.119 e. The fourth-order valence-corrected chi connectivity index (χ4v) is 5.61. The van der Waals surface area contributed by atoms with Gasteiger partial charge in [0.15, 0.2) is 0 Å². The first-order valence-electron chi connectivity index (χ1n) is 10.3. The highest BCUT2D eigenvalue weighted by Gasteiger charge is 2.58. The predicted octanol–water partition coefficient (Wildman–Crippen LogP) is 4.00. The third-order valence-electron chi connectivity index (χ3n) is 7.17. The number of rotatable bonds is 3. The zero-order valence-corrected chi connectivity index (χ0v) is 17.4. The van der Waals surface area contributed by atoms with Crippen LogP contribution >= 0.6 is 0 Å². The van der Waals surface area contributed by atoms with Gasteiger partial charge in [-0.3, -0.25) is 4.98 Å². The quantitative estimate of drug-likeness (QED) is 0.679. The molecular formula is C25H28N2O2. The summed E-state index contributed by atoms with van der Waals surface area (Å²) in [7, 11) is 5.82. The molecule has 0 radical (unpaired) electrons. The highest BCUT2D eigenvalue weighted by molar-refractivity contribution is 5.79. The second-order valence-corrected chi connectivity index (χ2v) is 8.64. The highest BCUT2D eigenvalue weighted by Crippen LogP contribution is 2.52. The molecule has 2 heterocycles. The number of nitrogens with zero attached hydrogens (tertiary/aromatic N) is 2. The lowest BCUT2D eigenvalue weighted by Crippen LogP contribution is -2.67. The van der Waals surface area contributed by atoms with E-state index in [9.17, 15) is 0 Å². The third kappa shape index (κ3) is 2.77. The molecule has 5 rings (SSSR count). The predicted molar refractivity (Wildman–Crippen MR) is 116 cm³/mol. The van der Waals surface area contributed by atoms with Crippen molar-refractivity contribution < 1.29 is 9.47 Å². The van der Waals surface area contributed by atoms with Gasteiger partial charge in [0.05, 0.1) is 18.2 Å². The van der Waals surface area contributed by atoms with E-state index in [1.807, 2.05) is 13.2 Å². The summed E-state index contributed by atoms with van der Waals surface area (Å²) in [6, 6.07) is 19.3. The monoisotopic (exact) mass is 388 g/mol. The average Bonchev–Trinajstić information content (AvgIpc) is 2.76. The van der Waals surface area contributed by atoms with Crippen molar-refractivity contribution in [3.8, 4) is 5.75 Å². The lowest BCUT2D eigenvalue weighted by atomic mass is 9.55. The van der Waals surface area contributed by atoms with Crippen molar-refractivity contribution in [2.75, 3.05) is 34.4 Å². The van der Waals surface area contributed by atoms with Gasteiger partial charge in [0.1, 0.15) is 5.75 Å². The van der Waals surface area contributed by atoms with Crippen LogP contribution in [0.4, 0.5) is 0 Å². The largest absolute Gasteiger partial charge is 0.497 e. The molecule has 0 N–H and O–H groups in total. The molecule has 2 aliphatic rings. The summed E-state index contributed by atoms with van der Waals surface area (Å²) >= 11 is 0. The van der Waals surface area contributed by atoms with E-state index in [1.165, 1.54) is 22.2 Å². The Balaban J connectivity index is 1.73. The van der Waals surface area contributed by atoms with E-state index < -0.39 is 0 Å². The molecule has 1 fully saturated rings. The Morgan fingerprint density at radius 2 is 1.86 bits per heavy atom. The molecule has 4 heteroatoms. The van der Waals surface area contributed by atoms with E-state index in [4.69, 9.17) is 14.5 Å². The summed E-state index contributed by atoms with van der Waals surface area (Å²) in [6.07, 6.45) is 2.80. The second kappa shape index (κ2) is 6.82. The molecule has 0 spiro atoms. The number of aromatic nitrogens is 1. The van der Waals surface area contributed by atoms with Crippen LogP contribution in [0.3, 0.4) is 0 Å². The van der Waals surface area contributed by atoms with Crippen LogP contribution in [-0.4, -0.2) is 49.8 Å². The van der Waals surface area contributed by atoms with Crippen LogP contribution in [0.2, 0.25) is 0 Å². The highest BCUT2D eigenvalue weighted by atomic mass is 16.5. The molecule has 1 aliphatic heterocycles. The number of fused-ring (bicyclic) bond motifs is 3. The number of hydrogen-bond donors (Lipinski definition) is 0. The van der Waals surface area contributed by atoms with Crippen LogP contribution in [0, 0.1) is 0 Å². The maximum atomic E-state index is 6.44. The number of benzene rings is 2. The van der Waals surface area contributed by atoms with E-state index in [-0.39, 0.29) is 11.0 Å². The molecule has 150 valence electrons. The van der Waals surface area contributed by atoms with Crippen LogP contribution < -0.4 is 4.74 Å². The van der Waals surface area contributed by atoms with Gasteiger partial charge in [-0.1, -0.05) is 30.3 Å². The fourth-order valence-electron chi connectivity index (χ4n) is 5.61. The van der Waals surface area contributed by atoms with E-state index >= 15 is 0 Å². The van der Waals surface area contributed by atoms with Crippen molar-refractivity contribution >= 4 is 10.9 Å². The SMILES string of the molecule is COc1cccc([C@@]23CCN(C)C[C@@]2(OC)Cc2cc4ccccc4nc2C3)c1. The summed E-state index contributed by atoms with van der Waals surface area (Å²) in [4.78, 5) is 7.51. The molecule has 0 unspecified atom stereocenters. The molecule has 0 amide bonds. The van der Waals surface area contributed by atoms with Crippen LogP contribution in [-0.2, 0) is 23.0 Å². The second-order valence-electron chi connectivity index (χ2n) is 8.64. The number of piperidine rings is 1. The van der Waals surface area contributed by atoms with Crippen molar-refractivity contribution in [1.82, 2.24) is 9.88 Å². The number of methoxy groups -OCH3 is 2. The molecule has 0 bridgehead atoms. The Hall–Kier alpha value is -2.43. The van der Waals surface area contributed by atoms with Gasteiger partial charge >= 0.3 is 0 Å². The van der Waals surface area contributed by atoms with Gasteiger partial charge in [0.25, 0.3) is 0 Å². The summed E-state index contributed by atoms with van der Waals surface area (Å²) in [5.41, 5.74) is 4.50. The van der Waals surface area contributed by atoms with Gasteiger partial charge in [-0.05, 0) is 55.4 Å². The van der Waals surface area contributed by atoms with Gasteiger partial charge in [0.2, 0.25) is 0 Å². The summed E-state index contributed by atoms with van der Waals surface area (Å²) in [5.74, 6) is 0.901. The fraction of sp³-hybridized carbons (Fsp3) is 0.400. The van der Waals surface area contributed by atoms with Crippen LogP contribution in [0.25, 0.3) is 10.9 Å². The van der Waals surface area contributed by atoms with Gasteiger partial charge in [0, 0.05) is 43.0 Å². The Kier molecular flexibility index (Phi) is 4.37. The molecule has 3 aromatic rings. The third-order valence-corrected chi connectivity index (χ3v) is 7.17. The minimum Gasteiger partial charge on any atom is -0.497 e. The number of likely N-dealkylation sites (N-methyl/N-ethyl adjacent to an activating group) is 1. The number of pyridine rings is 1. The lowest BCUT2D eigenvalue weighted by molar-refractivity contribution is -0.124. The summed E-state index contributed by atoms with van der Waals surface area (Å²) in [6.45, 7) is 1.96. The van der Waals surface area contributed by atoms with Crippen LogP contribution in [0.5, 0.6) is 5.75 Å². The number of likely N-dealkylation sites (tertiary alicyclic amines) is 1. The molecule has 4 nitrogen and oxygen atoms in total. The average molecular weight is 389 g/mol. The van der Waals surface area contributed by atoms with Gasteiger partial charge in [-0.2, -0.15) is 0 Å². The molecule has 29 heavy (non-hydrogen) atoms.